The molecule has 2 aromatic carbocycles. The highest BCUT2D eigenvalue weighted by atomic mass is 32.2. The monoisotopic (exact) mass is 725 g/mol. The number of thioether (sulfide) groups is 1. The minimum Gasteiger partial charge on any atom is -0.465 e. The van der Waals surface area contributed by atoms with Crippen LogP contribution in [-0.4, -0.2) is 54.8 Å². The molecule has 0 spiro atoms. The molecule has 0 radical (unpaired) electrons. The van der Waals surface area contributed by atoms with Crippen LogP contribution in [0.25, 0.3) is 0 Å². The van der Waals surface area contributed by atoms with Crippen LogP contribution >= 0.6 is 11.8 Å². The Morgan fingerprint density at radius 3 is 1.80 bits per heavy atom. The van der Waals surface area contributed by atoms with E-state index >= 15 is 0 Å². The summed E-state index contributed by atoms with van der Waals surface area (Å²) in [5.74, 6) is -1.13. The van der Waals surface area contributed by atoms with E-state index < -0.39 is 41.9 Å². The lowest BCUT2D eigenvalue weighted by Gasteiger charge is -2.23. The van der Waals surface area contributed by atoms with Gasteiger partial charge < -0.3 is 25.8 Å². The normalized spacial score (nSPS) is 12.8. The van der Waals surface area contributed by atoms with Gasteiger partial charge in [0.05, 0.1) is 13.2 Å². The van der Waals surface area contributed by atoms with E-state index in [-0.39, 0.29) is 31.8 Å². The van der Waals surface area contributed by atoms with Crippen molar-refractivity contribution in [2.24, 2.45) is 5.73 Å². The van der Waals surface area contributed by atoms with E-state index in [1.165, 1.54) is 82.4 Å². The van der Waals surface area contributed by atoms with Crippen LogP contribution in [0.3, 0.4) is 0 Å². The molecule has 10 heteroatoms. The number of amides is 2. The number of benzene rings is 2. The van der Waals surface area contributed by atoms with Crippen LogP contribution in [0.4, 0.5) is 0 Å². The number of unbranched alkanes of at least 4 members (excludes halogenated alkanes) is 13. The Hall–Kier alpha value is -3.37. The van der Waals surface area contributed by atoms with Crippen LogP contribution in [0.2, 0.25) is 0 Å². The highest BCUT2D eigenvalue weighted by Gasteiger charge is 2.29. The molecule has 51 heavy (non-hydrogen) atoms. The number of rotatable bonds is 29. The number of nitrogens with one attached hydrogen (secondary N) is 2. The zero-order chi connectivity index (χ0) is 36.9. The Balaban J connectivity index is 1.87. The summed E-state index contributed by atoms with van der Waals surface area (Å²) >= 11 is 1.49. The van der Waals surface area contributed by atoms with Gasteiger partial charge in [0, 0.05) is 17.9 Å². The first kappa shape index (κ1) is 43.8. The van der Waals surface area contributed by atoms with E-state index in [0.717, 1.165) is 24.8 Å². The molecule has 4 N–H and O–H groups in total. The number of hydrogen-bond acceptors (Lipinski definition) is 8. The van der Waals surface area contributed by atoms with Gasteiger partial charge in [0.15, 0.2) is 6.04 Å². The minimum absolute atomic E-state index is 0.0591. The summed E-state index contributed by atoms with van der Waals surface area (Å²) in [6, 6.07) is 15.9. The quantitative estimate of drug-likeness (QED) is 0.0568. The number of carbonyl (C=O) groups excluding carboxylic acids is 4. The first-order valence-electron chi connectivity index (χ1n) is 19.2. The highest BCUT2D eigenvalue weighted by molar-refractivity contribution is 7.98. The molecule has 0 heterocycles. The molecule has 0 saturated heterocycles. The topological polar surface area (TPSA) is 137 Å². The summed E-state index contributed by atoms with van der Waals surface area (Å²) in [5.41, 5.74) is 7.56. The molecule has 0 aliphatic carbocycles. The molecule has 2 amide bonds. The van der Waals surface area contributed by atoms with Crippen molar-refractivity contribution in [1.29, 1.82) is 0 Å². The molecule has 0 saturated carbocycles. The van der Waals surface area contributed by atoms with Gasteiger partial charge in [-0.25, -0.2) is 4.79 Å². The molecular weight excluding hydrogens is 663 g/mol. The zero-order valence-corrected chi connectivity index (χ0v) is 31.9. The van der Waals surface area contributed by atoms with E-state index in [9.17, 15) is 19.2 Å². The summed E-state index contributed by atoms with van der Waals surface area (Å²) < 4.78 is 10.6. The van der Waals surface area contributed by atoms with Crippen molar-refractivity contribution < 1.29 is 28.7 Å². The van der Waals surface area contributed by atoms with Crippen molar-refractivity contribution in [3.8, 4) is 0 Å². The van der Waals surface area contributed by atoms with E-state index in [1.54, 1.807) is 31.2 Å². The minimum atomic E-state index is -1.03. The lowest BCUT2D eigenvalue weighted by molar-refractivity contribution is -0.148. The predicted octanol–water partition coefficient (Wildman–Crippen LogP) is 7.96. The van der Waals surface area contributed by atoms with Gasteiger partial charge in [0.25, 0.3) is 0 Å². The van der Waals surface area contributed by atoms with Crippen LogP contribution in [0, 0.1) is 0 Å². The van der Waals surface area contributed by atoms with Gasteiger partial charge in [0.1, 0.15) is 12.1 Å². The van der Waals surface area contributed by atoms with Crippen molar-refractivity contribution in [2.45, 2.75) is 140 Å². The van der Waals surface area contributed by atoms with Crippen molar-refractivity contribution in [1.82, 2.24) is 10.6 Å². The molecule has 9 nitrogen and oxygen atoms in total. The Kier molecular flexibility index (Phi) is 24.3. The molecule has 0 fully saturated rings. The average molecular weight is 726 g/mol. The van der Waals surface area contributed by atoms with Crippen LogP contribution in [0.1, 0.15) is 134 Å². The smallest absolute Gasteiger partial charge is 0.333 e. The van der Waals surface area contributed by atoms with Crippen molar-refractivity contribution >= 4 is 35.5 Å². The van der Waals surface area contributed by atoms with Crippen LogP contribution in [-0.2, 0) is 34.4 Å². The van der Waals surface area contributed by atoms with Gasteiger partial charge in [-0.1, -0.05) is 151 Å². The Morgan fingerprint density at radius 2 is 1.24 bits per heavy atom. The fourth-order valence-corrected chi connectivity index (χ4v) is 6.71. The lowest BCUT2D eigenvalue weighted by atomic mass is 10.0. The largest absolute Gasteiger partial charge is 0.465 e. The van der Waals surface area contributed by atoms with E-state index in [0.29, 0.717) is 11.3 Å². The van der Waals surface area contributed by atoms with Gasteiger partial charge in [-0.05, 0) is 30.9 Å². The second-order valence-electron chi connectivity index (χ2n) is 13.1. The molecule has 0 bridgehead atoms. The lowest BCUT2D eigenvalue weighted by Crippen LogP contribution is -2.50. The Bertz CT molecular complexity index is 1230. The summed E-state index contributed by atoms with van der Waals surface area (Å²) in [6.45, 7) is 4.42. The first-order valence-corrected chi connectivity index (χ1v) is 20.4. The maximum absolute atomic E-state index is 13.7. The molecule has 0 unspecified atom stereocenters. The fourth-order valence-electron chi connectivity index (χ4n) is 5.69. The van der Waals surface area contributed by atoms with Crippen molar-refractivity contribution in [3.63, 3.8) is 0 Å². The third-order valence-corrected chi connectivity index (χ3v) is 9.82. The van der Waals surface area contributed by atoms with Gasteiger partial charge >= 0.3 is 11.9 Å². The SMILES string of the molecule is CCCCCCCCCCCCCCCCOC(=O)[C@@H](NC(=O)[C@H](CSCc1ccccc1)NC(=O)CC[C@H](N)C(=O)OCC)c1ccccc1. The number of carbonyl (C=O) groups is 4. The Labute approximate surface area is 311 Å². The summed E-state index contributed by atoms with van der Waals surface area (Å²) in [7, 11) is 0. The molecular formula is C41H63N3O6S. The second kappa shape index (κ2) is 28.2. The maximum Gasteiger partial charge on any atom is 0.333 e. The first-order chi connectivity index (χ1) is 24.8. The van der Waals surface area contributed by atoms with Crippen molar-refractivity contribution in [2.75, 3.05) is 19.0 Å². The summed E-state index contributed by atoms with van der Waals surface area (Å²) in [5, 5.41) is 5.64. The summed E-state index contributed by atoms with van der Waals surface area (Å²) in [6.07, 6.45) is 17.4. The van der Waals surface area contributed by atoms with E-state index in [2.05, 4.69) is 17.6 Å². The molecule has 2 aromatic rings. The number of hydrogen-bond donors (Lipinski definition) is 3. The third-order valence-electron chi connectivity index (χ3n) is 8.72. The van der Waals surface area contributed by atoms with Gasteiger partial charge in [0.2, 0.25) is 11.8 Å². The van der Waals surface area contributed by atoms with Crippen LogP contribution in [0.5, 0.6) is 0 Å². The summed E-state index contributed by atoms with van der Waals surface area (Å²) in [4.78, 5) is 51.9. The molecule has 0 aliphatic heterocycles. The number of nitrogens with two attached hydrogens (primary N) is 1. The fraction of sp³-hybridized carbons (Fsp3) is 0.610. The van der Waals surface area contributed by atoms with Crippen LogP contribution < -0.4 is 16.4 Å². The van der Waals surface area contributed by atoms with Crippen LogP contribution in [0.15, 0.2) is 60.7 Å². The third kappa shape index (κ3) is 20.3. The molecule has 0 aliphatic rings. The standard InChI is InChI=1S/C41H63N3O6S/c1-3-5-6-7-8-9-10-11-12-13-14-15-16-23-30-50-41(48)38(34-26-21-18-22-27-34)44-39(46)36(32-51-31-33-24-19-17-20-25-33)43-37(45)29-28-35(42)40(47)49-4-2/h17-22,24-27,35-36,38H,3-16,23,28-32,42H2,1-2H3,(H,43,45)(H,44,46)/t35-,36-,38-/m0/s1. The zero-order valence-electron chi connectivity index (χ0n) is 31.1. The van der Waals surface area contributed by atoms with E-state index in [1.807, 2.05) is 36.4 Å². The average Bonchev–Trinajstić information content (AvgIpc) is 3.14. The molecule has 0 aromatic heterocycles. The number of ether oxygens (including phenoxy) is 2. The van der Waals surface area contributed by atoms with Gasteiger partial charge in [-0.2, -0.15) is 11.8 Å². The molecule has 284 valence electrons. The molecule has 3 atom stereocenters. The van der Waals surface area contributed by atoms with Gasteiger partial charge in [-0.3, -0.25) is 14.4 Å². The highest BCUT2D eigenvalue weighted by Crippen LogP contribution is 2.18. The maximum atomic E-state index is 13.7. The second-order valence-corrected chi connectivity index (χ2v) is 14.2. The molecule has 2 rings (SSSR count). The van der Waals surface area contributed by atoms with E-state index in [4.69, 9.17) is 15.2 Å². The van der Waals surface area contributed by atoms with Gasteiger partial charge in [-0.15, -0.1) is 0 Å². The Morgan fingerprint density at radius 1 is 0.686 bits per heavy atom. The predicted molar refractivity (Wildman–Crippen MR) is 207 cm³/mol. The number of esters is 2. The van der Waals surface area contributed by atoms with Crippen molar-refractivity contribution in [3.05, 3.63) is 71.8 Å².